The van der Waals surface area contributed by atoms with E-state index in [-0.39, 0.29) is 12.1 Å². The van der Waals surface area contributed by atoms with Crippen LogP contribution in [0.3, 0.4) is 0 Å². The summed E-state index contributed by atoms with van der Waals surface area (Å²) >= 11 is 0. The predicted molar refractivity (Wildman–Crippen MR) is 120 cm³/mol. The van der Waals surface area contributed by atoms with Crippen molar-refractivity contribution in [3.63, 3.8) is 0 Å². The largest absolute Gasteiger partial charge is 0.497 e. The number of carbonyl (C=O) groups is 1. The van der Waals surface area contributed by atoms with Gasteiger partial charge < -0.3 is 19.5 Å². The molecule has 0 unspecified atom stereocenters. The molecule has 0 saturated carbocycles. The van der Waals surface area contributed by atoms with E-state index in [1.807, 2.05) is 24.3 Å². The SMILES string of the molecule is COc1cccc(Cn2nnc3c(=O)n(CC(=O)Nc4cc(OC)cc(OC)c4)cnc32)c1. The Morgan fingerprint density at radius 1 is 1.00 bits per heavy atom. The van der Waals surface area contributed by atoms with Crippen molar-refractivity contribution in [1.82, 2.24) is 24.5 Å². The standard InChI is InChI=1S/C22H22N6O5/c1-31-16-6-4-5-14(7-16)11-28-21-20(25-26-28)22(30)27(13-23-21)12-19(29)24-15-8-17(32-2)10-18(9-15)33-3/h4-10,13H,11-12H2,1-3H3,(H,24,29). The lowest BCUT2D eigenvalue weighted by Gasteiger charge is -2.10. The van der Waals surface area contributed by atoms with Crippen molar-refractivity contribution in [2.75, 3.05) is 26.6 Å². The van der Waals surface area contributed by atoms with E-state index in [2.05, 4.69) is 20.6 Å². The summed E-state index contributed by atoms with van der Waals surface area (Å²) in [4.78, 5) is 29.7. The molecule has 2 aromatic carbocycles. The molecule has 0 aliphatic heterocycles. The van der Waals surface area contributed by atoms with E-state index in [0.29, 0.717) is 35.1 Å². The third-order valence-electron chi connectivity index (χ3n) is 4.91. The number of hydrogen-bond donors (Lipinski definition) is 1. The Labute approximate surface area is 188 Å². The van der Waals surface area contributed by atoms with Crippen molar-refractivity contribution in [1.29, 1.82) is 0 Å². The lowest BCUT2D eigenvalue weighted by Crippen LogP contribution is -2.28. The molecule has 1 amide bonds. The molecule has 0 aliphatic rings. The van der Waals surface area contributed by atoms with E-state index in [9.17, 15) is 9.59 Å². The number of benzene rings is 2. The highest BCUT2D eigenvalue weighted by Gasteiger charge is 2.15. The zero-order chi connectivity index (χ0) is 23.4. The van der Waals surface area contributed by atoms with Crippen LogP contribution in [0.1, 0.15) is 5.56 Å². The molecule has 0 radical (unpaired) electrons. The maximum absolute atomic E-state index is 12.9. The quantitative estimate of drug-likeness (QED) is 0.430. The number of anilines is 1. The highest BCUT2D eigenvalue weighted by atomic mass is 16.5. The third-order valence-corrected chi connectivity index (χ3v) is 4.91. The number of rotatable bonds is 8. The van der Waals surface area contributed by atoms with E-state index in [0.717, 1.165) is 5.56 Å². The Kier molecular flexibility index (Phi) is 6.20. The lowest BCUT2D eigenvalue weighted by molar-refractivity contribution is -0.116. The number of aromatic nitrogens is 5. The Balaban J connectivity index is 1.53. The highest BCUT2D eigenvalue weighted by Crippen LogP contribution is 2.25. The van der Waals surface area contributed by atoms with Gasteiger partial charge in [0.2, 0.25) is 5.91 Å². The first-order valence-corrected chi connectivity index (χ1v) is 9.95. The molecule has 4 aromatic rings. The van der Waals surface area contributed by atoms with Crippen molar-refractivity contribution < 1.29 is 19.0 Å². The molecule has 4 rings (SSSR count). The van der Waals surface area contributed by atoms with Gasteiger partial charge in [-0.1, -0.05) is 17.3 Å². The van der Waals surface area contributed by atoms with Crippen LogP contribution in [0.4, 0.5) is 5.69 Å². The molecule has 33 heavy (non-hydrogen) atoms. The fraction of sp³-hybridized carbons (Fsp3) is 0.227. The molecule has 2 aromatic heterocycles. The summed E-state index contributed by atoms with van der Waals surface area (Å²) in [5.41, 5.74) is 1.34. The van der Waals surface area contributed by atoms with Crippen LogP contribution < -0.4 is 25.1 Å². The van der Waals surface area contributed by atoms with Crippen LogP contribution in [0, 0.1) is 0 Å². The van der Waals surface area contributed by atoms with Crippen LogP contribution in [0.15, 0.2) is 53.6 Å². The van der Waals surface area contributed by atoms with Crippen molar-refractivity contribution in [2.45, 2.75) is 13.1 Å². The minimum Gasteiger partial charge on any atom is -0.497 e. The summed E-state index contributed by atoms with van der Waals surface area (Å²) in [6, 6.07) is 12.5. The molecule has 11 heteroatoms. The fourth-order valence-corrected chi connectivity index (χ4v) is 3.28. The second-order valence-electron chi connectivity index (χ2n) is 7.10. The molecule has 2 heterocycles. The topological polar surface area (TPSA) is 122 Å². The van der Waals surface area contributed by atoms with Crippen molar-refractivity contribution in [2.24, 2.45) is 0 Å². The van der Waals surface area contributed by atoms with Crippen molar-refractivity contribution >= 4 is 22.8 Å². The van der Waals surface area contributed by atoms with Crippen LogP contribution in [0.2, 0.25) is 0 Å². The normalized spacial score (nSPS) is 10.8. The average Bonchev–Trinajstić information content (AvgIpc) is 3.23. The fourth-order valence-electron chi connectivity index (χ4n) is 3.28. The van der Waals surface area contributed by atoms with Crippen LogP contribution in [0.5, 0.6) is 17.2 Å². The Hall–Kier alpha value is -4.41. The second kappa shape index (κ2) is 9.39. The van der Waals surface area contributed by atoms with Crippen LogP contribution >= 0.6 is 0 Å². The molecular weight excluding hydrogens is 428 g/mol. The summed E-state index contributed by atoms with van der Waals surface area (Å²) in [6.07, 6.45) is 1.31. The molecule has 0 fully saturated rings. The molecule has 11 nitrogen and oxygen atoms in total. The van der Waals surface area contributed by atoms with E-state index in [1.165, 1.54) is 29.8 Å². The van der Waals surface area contributed by atoms with Crippen molar-refractivity contribution in [3.05, 3.63) is 64.7 Å². The maximum Gasteiger partial charge on any atom is 0.283 e. The summed E-state index contributed by atoms with van der Waals surface area (Å²) in [5, 5.41) is 10.8. The van der Waals surface area contributed by atoms with Gasteiger partial charge in [0.05, 0.1) is 27.9 Å². The lowest BCUT2D eigenvalue weighted by atomic mass is 10.2. The molecule has 0 bridgehead atoms. The molecule has 0 spiro atoms. The van der Waals surface area contributed by atoms with Gasteiger partial charge in [0.1, 0.15) is 30.1 Å². The molecular formula is C22H22N6O5. The van der Waals surface area contributed by atoms with Gasteiger partial charge in [-0.15, -0.1) is 5.10 Å². The molecule has 0 aliphatic carbocycles. The highest BCUT2D eigenvalue weighted by molar-refractivity contribution is 5.91. The zero-order valence-electron chi connectivity index (χ0n) is 18.3. The van der Waals surface area contributed by atoms with Gasteiger partial charge in [0.15, 0.2) is 11.2 Å². The minimum atomic E-state index is -0.463. The number of carbonyl (C=O) groups excluding carboxylic acids is 1. The van der Waals surface area contributed by atoms with E-state index >= 15 is 0 Å². The first-order valence-electron chi connectivity index (χ1n) is 9.95. The van der Waals surface area contributed by atoms with Crippen LogP contribution in [-0.4, -0.2) is 51.8 Å². The monoisotopic (exact) mass is 450 g/mol. The van der Waals surface area contributed by atoms with Gasteiger partial charge in [0, 0.05) is 23.9 Å². The summed E-state index contributed by atoms with van der Waals surface area (Å²) in [5.74, 6) is 1.35. The van der Waals surface area contributed by atoms with E-state index in [4.69, 9.17) is 14.2 Å². The Morgan fingerprint density at radius 2 is 1.73 bits per heavy atom. The van der Waals surface area contributed by atoms with Gasteiger partial charge in [-0.3, -0.25) is 14.2 Å². The first-order chi connectivity index (χ1) is 16.0. The van der Waals surface area contributed by atoms with E-state index < -0.39 is 11.5 Å². The Morgan fingerprint density at radius 3 is 2.42 bits per heavy atom. The molecule has 170 valence electrons. The van der Waals surface area contributed by atoms with Gasteiger partial charge in [-0.25, -0.2) is 9.67 Å². The number of fused-ring (bicyclic) bond motifs is 1. The Bertz CT molecular complexity index is 1340. The number of amides is 1. The van der Waals surface area contributed by atoms with Crippen LogP contribution in [0.25, 0.3) is 11.2 Å². The van der Waals surface area contributed by atoms with Gasteiger partial charge in [-0.2, -0.15) is 0 Å². The predicted octanol–water partition coefficient (Wildman–Crippen LogP) is 1.70. The van der Waals surface area contributed by atoms with Gasteiger partial charge in [-0.05, 0) is 17.7 Å². The first kappa shape index (κ1) is 21.8. The van der Waals surface area contributed by atoms with Crippen molar-refractivity contribution in [3.8, 4) is 17.2 Å². The minimum absolute atomic E-state index is 0.0799. The molecule has 0 atom stereocenters. The zero-order valence-corrected chi connectivity index (χ0v) is 18.3. The number of nitrogens with zero attached hydrogens (tertiary/aromatic N) is 5. The summed E-state index contributed by atoms with van der Waals surface area (Å²) < 4.78 is 18.3. The second-order valence-corrected chi connectivity index (χ2v) is 7.10. The maximum atomic E-state index is 12.9. The number of nitrogens with one attached hydrogen (secondary N) is 1. The van der Waals surface area contributed by atoms with Gasteiger partial charge >= 0.3 is 0 Å². The van der Waals surface area contributed by atoms with E-state index in [1.54, 1.807) is 25.3 Å². The molecule has 0 saturated heterocycles. The number of methoxy groups -OCH3 is 3. The third kappa shape index (κ3) is 4.76. The van der Waals surface area contributed by atoms with Crippen LogP contribution in [-0.2, 0) is 17.9 Å². The summed E-state index contributed by atoms with van der Waals surface area (Å²) in [7, 11) is 4.62. The average molecular weight is 450 g/mol. The number of hydrogen-bond acceptors (Lipinski definition) is 8. The molecule has 1 N–H and O–H groups in total. The van der Waals surface area contributed by atoms with Gasteiger partial charge in [0.25, 0.3) is 5.56 Å². The summed E-state index contributed by atoms with van der Waals surface area (Å²) in [6.45, 7) is 0.117. The number of ether oxygens (including phenoxy) is 3. The smallest absolute Gasteiger partial charge is 0.283 e.